The van der Waals surface area contributed by atoms with Crippen LogP contribution in [-0.4, -0.2) is 71.0 Å². The summed E-state index contributed by atoms with van der Waals surface area (Å²) in [5.41, 5.74) is 7.80. The van der Waals surface area contributed by atoms with Crippen molar-refractivity contribution < 1.29 is 14.0 Å². The highest BCUT2D eigenvalue weighted by molar-refractivity contribution is 5.95. The van der Waals surface area contributed by atoms with Gasteiger partial charge >= 0.3 is 0 Å². The molecule has 2 fully saturated rings. The fourth-order valence-corrected chi connectivity index (χ4v) is 4.47. The average Bonchev–Trinajstić information content (AvgIpc) is 3.35. The van der Waals surface area contributed by atoms with Crippen molar-refractivity contribution in [1.82, 2.24) is 14.8 Å². The number of hydrogen-bond acceptors (Lipinski definition) is 6. The quantitative estimate of drug-likeness (QED) is 0.720. The summed E-state index contributed by atoms with van der Waals surface area (Å²) >= 11 is 0. The molecule has 8 nitrogen and oxygen atoms in total. The van der Waals surface area contributed by atoms with E-state index in [1.165, 1.54) is 4.90 Å². The van der Waals surface area contributed by atoms with Gasteiger partial charge in [0.1, 0.15) is 12.2 Å². The van der Waals surface area contributed by atoms with E-state index in [-0.39, 0.29) is 37.9 Å². The molecule has 31 heavy (non-hydrogen) atoms. The van der Waals surface area contributed by atoms with E-state index in [9.17, 15) is 14.0 Å². The lowest BCUT2D eigenvalue weighted by Gasteiger charge is -2.23. The van der Waals surface area contributed by atoms with Crippen molar-refractivity contribution in [3.63, 3.8) is 0 Å². The second kappa shape index (κ2) is 8.86. The maximum Gasteiger partial charge on any atom is 0.237 e. The second-order valence-electron chi connectivity index (χ2n) is 8.20. The van der Waals surface area contributed by atoms with Crippen molar-refractivity contribution in [2.45, 2.75) is 37.5 Å². The van der Waals surface area contributed by atoms with Crippen LogP contribution >= 0.6 is 0 Å². The number of benzene rings is 1. The molecule has 0 aliphatic carbocycles. The summed E-state index contributed by atoms with van der Waals surface area (Å²) in [6.07, 6.45) is 1.65. The number of anilines is 1. The fourth-order valence-electron chi connectivity index (χ4n) is 4.47. The molecule has 3 N–H and O–H groups in total. The summed E-state index contributed by atoms with van der Waals surface area (Å²) < 4.78 is 13.6. The highest BCUT2D eigenvalue weighted by atomic mass is 19.1. The lowest BCUT2D eigenvalue weighted by atomic mass is 10.0. The zero-order valence-electron chi connectivity index (χ0n) is 17.1. The standard InChI is InChI=1S/C22H25FN6O2/c23-15-9-17(10-24)29(11-15)21(31)13-28-7-5-16(12-28)27-19-4-3-14(8-20(25)30)22-18(19)2-1-6-26-22/h1-4,6,15-17,27H,5,7-9,11-13H2,(H2,25,30)/t15-,16-,17-/m0/s1. The van der Waals surface area contributed by atoms with E-state index in [1.54, 1.807) is 6.20 Å². The van der Waals surface area contributed by atoms with Gasteiger partial charge in [0, 0.05) is 42.8 Å². The third kappa shape index (κ3) is 4.59. The topological polar surface area (TPSA) is 115 Å². The number of alkyl halides is 1. The zero-order valence-corrected chi connectivity index (χ0v) is 17.1. The molecule has 2 saturated heterocycles. The average molecular weight is 424 g/mol. The highest BCUT2D eigenvalue weighted by Gasteiger charge is 2.36. The second-order valence-corrected chi connectivity index (χ2v) is 8.20. The molecule has 1 aromatic carbocycles. The zero-order chi connectivity index (χ0) is 22.0. The molecule has 2 amide bonds. The van der Waals surface area contributed by atoms with Gasteiger partial charge in [0.2, 0.25) is 11.8 Å². The van der Waals surface area contributed by atoms with E-state index < -0.39 is 18.1 Å². The molecular formula is C22H25FN6O2. The maximum atomic E-state index is 13.6. The first-order valence-corrected chi connectivity index (χ1v) is 10.4. The van der Waals surface area contributed by atoms with Gasteiger partial charge in [-0.2, -0.15) is 5.26 Å². The molecule has 0 unspecified atom stereocenters. The lowest BCUT2D eigenvalue weighted by Crippen LogP contribution is -2.42. The molecule has 2 aliphatic heterocycles. The Morgan fingerprint density at radius 3 is 2.94 bits per heavy atom. The van der Waals surface area contributed by atoms with E-state index in [2.05, 4.69) is 10.3 Å². The maximum absolute atomic E-state index is 13.6. The van der Waals surface area contributed by atoms with Crippen molar-refractivity contribution in [1.29, 1.82) is 5.26 Å². The monoisotopic (exact) mass is 424 g/mol. The number of aromatic nitrogens is 1. The third-order valence-electron chi connectivity index (χ3n) is 5.93. The molecule has 2 aromatic rings. The van der Waals surface area contributed by atoms with Gasteiger partial charge in [-0.25, -0.2) is 4.39 Å². The number of amides is 2. The van der Waals surface area contributed by atoms with Gasteiger partial charge in [0.05, 0.1) is 31.1 Å². The molecule has 4 rings (SSSR count). The molecule has 162 valence electrons. The SMILES string of the molecule is N#C[C@@H]1C[C@H](F)CN1C(=O)CN1CC[C@H](Nc2ccc(CC(N)=O)c3ncccc23)C1. The first-order chi connectivity index (χ1) is 14.9. The Morgan fingerprint density at radius 2 is 2.16 bits per heavy atom. The summed E-state index contributed by atoms with van der Waals surface area (Å²) in [5, 5.41) is 13.6. The minimum Gasteiger partial charge on any atom is -0.380 e. The molecule has 0 bridgehead atoms. The van der Waals surface area contributed by atoms with Crippen LogP contribution in [0.5, 0.6) is 0 Å². The number of rotatable bonds is 6. The molecule has 0 radical (unpaired) electrons. The Labute approximate surface area is 179 Å². The highest BCUT2D eigenvalue weighted by Crippen LogP contribution is 2.27. The van der Waals surface area contributed by atoms with Crippen molar-refractivity contribution in [2.24, 2.45) is 5.73 Å². The van der Waals surface area contributed by atoms with Gasteiger partial charge in [-0.05, 0) is 30.2 Å². The van der Waals surface area contributed by atoms with Gasteiger partial charge in [0.25, 0.3) is 0 Å². The van der Waals surface area contributed by atoms with Crippen LogP contribution in [0.15, 0.2) is 30.5 Å². The Hall–Kier alpha value is -3.25. The summed E-state index contributed by atoms with van der Waals surface area (Å²) in [5.74, 6) is -0.600. The lowest BCUT2D eigenvalue weighted by molar-refractivity contribution is -0.132. The number of halogens is 1. The van der Waals surface area contributed by atoms with Crippen LogP contribution in [0.3, 0.4) is 0 Å². The minimum atomic E-state index is -1.12. The Bertz CT molecular complexity index is 1040. The molecule has 3 heterocycles. The minimum absolute atomic E-state index is 0.00319. The first kappa shape index (κ1) is 21.0. The number of likely N-dealkylation sites (tertiary alicyclic amines) is 2. The number of nitrogens with zero attached hydrogens (tertiary/aromatic N) is 4. The molecule has 2 aliphatic rings. The predicted octanol–water partition coefficient (Wildman–Crippen LogP) is 1.21. The van der Waals surface area contributed by atoms with Crippen LogP contribution < -0.4 is 11.1 Å². The fraction of sp³-hybridized carbons (Fsp3) is 0.455. The van der Waals surface area contributed by atoms with Crippen LogP contribution in [0.2, 0.25) is 0 Å². The van der Waals surface area contributed by atoms with Crippen molar-refractivity contribution in [3.05, 3.63) is 36.0 Å². The van der Waals surface area contributed by atoms with Gasteiger partial charge in [-0.3, -0.25) is 19.5 Å². The molecule has 1 aromatic heterocycles. The number of hydrogen-bond donors (Lipinski definition) is 2. The number of carbonyl (C=O) groups excluding carboxylic acids is 2. The number of pyridine rings is 1. The van der Waals surface area contributed by atoms with Crippen molar-refractivity contribution in [3.8, 4) is 6.07 Å². The number of primary amides is 1. The number of nitriles is 1. The summed E-state index contributed by atoms with van der Waals surface area (Å²) in [7, 11) is 0. The van der Waals surface area contributed by atoms with Crippen LogP contribution in [-0.2, 0) is 16.0 Å². The van der Waals surface area contributed by atoms with Gasteiger partial charge in [-0.1, -0.05) is 6.07 Å². The van der Waals surface area contributed by atoms with E-state index in [0.29, 0.717) is 6.54 Å². The number of nitrogens with one attached hydrogen (secondary N) is 1. The smallest absolute Gasteiger partial charge is 0.237 e. The molecule has 0 spiro atoms. The van der Waals surface area contributed by atoms with Crippen LogP contribution in [0, 0.1) is 11.3 Å². The normalized spacial score (nSPS) is 23.7. The Morgan fingerprint density at radius 1 is 1.32 bits per heavy atom. The summed E-state index contributed by atoms with van der Waals surface area (Å²) in [4.78, 5) is 31.8. The molecule has 9 heteroatoms. The van der Waals surface area contributed by atoms with Crippen molar-refractivity contribution >= 4 is 28.4 Å². The number of fused-ring (bicyclic) bond motifs is 1. The summed E-state index contributed by atoms with van der Waals surface area (Å²) in [6.45, 7) is 1.59. The van der Waals surface area contributed by atoms with E-state index in [0.717, 1.165) is 35.1 Å². The van der Waals surface area contributed by atoms with Crippen molar-refractivity contribution in [2.75, 3.05) is 31.5 Å². The van der Waals surface area contributed by atoms with Gasteiger partial charge in [0.15, 0.2) is 0 Å². The van der Waals surface area contributed by atoms with E-state index in [4.69, 9.17) is 11.0 Å². The summed E-state index contributed by atoms with van der Waals surface area (Å²) in [6, 6.07) is 9.08. The number of carbonyl (C=O) groups is 2. The van der Waals surface area contributed by atoms with Gasteiger partial charge < -0.3 is 16.0 Å². The third-order valence-corrected chi connectivity index (χ3v) is 5.93. The van der Waals surface area contributed by atoms with Gasteiger partial charge in [-0.15, -0.1) is 0 Å². The van der Waals surface area contributed by atoms with E-state index in [1.807, 2.05) is 35.2 Å². The largest absolute Gasteiger partial charge is 0.380 e. The van der Waals surface area contributed by atoms with E-state index >= 15 is 0 Å². The Kier molecular flexibility index (Phi) is 6.00. The van der Waals surface area contributed by atoms with Crippen LogP contribution in [0.25, 0.3) is 10.9 Å². The first-order valence-electron chi connectivity index (χ1n) is 10.4. The molecule has 0 saturated carbocycles. The van der Waals surface area contributed by atoms with Crippen LogP contribution in [0.1, 0.15) is 18.4 Å². The molecular weight excluding hydrogens is 399 g/mol. The van der Waals surface area contributed by atoms with Crippen LogP contribution in [0.4, 0.5) is 10.1 Å². The predicted molar refractivity (Wildman–Crippen MR) is 114 cm³/mol. The molecule has 3 atom stereocenters. The number of nitrogens with two attached hydrogens (primary N) is 1. The Balaban J connectivity index is 1.41.